The smallest absolute Gasteiger partial charge is 0.462 e. The number of phosphoric ester groups is 1. The van der Waals surface area contributed by atoms with Crippen LogP contribution in [0.3, 0.4) is 0 Å². The standard InChI is InChI=1S/C45H77O8P/c1-3-5-7-9-11-13-15-17-19-21-22-24-25-27-29-31-33-35-37-39-44(46)51-41-43(42-52-54(48,49)50)53-45(47)40-38-36-34-32-30-28-26-23-20-18-16-14-12-10-8-6-4-2/h6,8,12,14,17-20,26,28,32,34,43H,3-5,7,9-11,13,15-16,21-25,27,29-31,33,35-42H2,1-2H3,(H2,48,49,50)/b8-6-,14-12-,19-17-,20-18-,28-26-,34-32-/t43-/m1/s1. The molecule has 9 heteroatoms. The molecular weight excluding hydrogens is 699 g/mol. The SMILES string of the molecule is CC/C=C\C/C=C\C/C=C\C/C=C\C/C=C\CCCC(=O)O[C@H](COC(=O)CCCCCCCCCCC/C=C\CCCCCCCC)COP(=O)(O)O. The Morgan fingerprint density at radius 3 is 1.41 bits per heavy atom. The fourth-order valence-electron chi connectivity index (χ4n) is 5.58. The molecule has 0 aliphatic heterocycles. The molecule has 0 heterocycles. The largest absolute Gasteiger partial charge is 0.469 e. The first-order chi connectivity index (χ1) is 26.3. The normalized spacial score (nSPS) is 13.2. The Morgan fingerprint density at radius 1 is 0.500 bits per heavy atom. The molecule has 0 radical (unpaired) electrons. The van der Waals surface area contributed by atoms with Gasteiger partial charge in [0.1, 0.15) is 6.61 Å². The average molecular weight is 777 g/mol. The lowest BCUT2D eigenvalue weighted by Gasteiger charge is -2.18. The zero-order valence-electron chi connectivity index (χ0n) is 34.1. The summed E-state index contributed by atoms with van der Waals surface area (Å²) in [6, 6.07) is 0. The Bertz CT molecular complexity index is 1100. The number of hydrogen-bond donors (Lipinski definition) is 2. The van der Waals surface area contributed by atoms with Gasteiger partial charge in [-0.15, -0.1) is 0 Å². The second kappa shape index (κ2) is 40.2. The lowest BCUT2D eigenvalue weighted by molar-refractivity contribution is -0.161. The van der Waals surface area contributed by atoms with E-state index in [4.69, 9.17) is 19.3 Å². The van der Waals surface area contributed by atoms with Crippen LogP contribution in [0.1, 0.15) is 181 Å². The molecule has 0 aliphatic rings. The third kappa shape index (κ3) is 42.2. The van der Waals surface area contributed by atoms with Gasteiger partial charge in [-0.1, -0.05) is 164 Å². The van der Waals surface area contributed by atoms with Gasteiger partial charge in [-0.3, -0.25) is 14.1 Å². The summed E-state index contributed by atoms with van der Waals surface area (Å²) in [4.78, 5) is 42.8. The van der Waals surface area contributed by atoms with Crippen LogP contribution in [0, 0.1) is 0 Å². The van der Waals surface area contributed by atoms with E-state index in [2.05, 4.69) is 79.1 Å². The van der Waals surface area contributed by atoms with Crippen molar-refractivity contribution in [2.24, 2.45) is 0 Å². The third-order valence-corrected chi connectivity index (χ3v) is 9.19. The quantitative estimate of drug-likeness (QED) is 0.0275. The first-order valence-electron chi connectivity index (χ1n) is 21.2. The highest BCUT2D eigenvalue weighted by Crippen LogP contribution is 2.36. The van der Waals surface area contributed by atoms with Gasteiger partial charge in [-0.05, 0) is 77.0 Å². The molecule has 0 aliphatic carbocycles. The predicted octanol–water partition coefficient (Wildman–Crippen LogP) is 13.1. The minimum atomic E-state index is -4.77. The van der Waals surface area contributed by atoms with E-state index < -0.39 is 32.5 Å². The van der Waals surface area contributed by atoms with Crippen LogP contribution in [0.15, 0.2) is 72.9 Å². The van der Waals surface area contributed by atoms with Crippen molar-refractivity contribution in [3.8, 4) is 0 Å². The highest BCUT2D eigenvalue weighted by Gasteiger charge is 2.22. The van der Waals surface area contributed by atoms with Crippen LogP contribution in [-0.2, 0) is 28.2 Å². The minimum absolute atomic E-state index is 0.130. The van der Waals surface area contributed by atoms with Crippen LogP contribution in [0.5, 0.6) is 0 Å². The summed E-state index contributed by atoms with van der Waals surface area (Å²) in [5, 5.41) is 0. The number of hydrogen-bond acceptors (Lipinski definition) is 6. The van der Waals surface area contributed by atoms with Gasteiger partial charge in [-0.2, -0.15) is 0 Å². The molecule has 0 aromatic carbocycles. The highest BCUT2D eigenvalue weighted by atomic mass is 31.2. The molecule has 8 nitrogen and oxygen atoms in total. The summed E-state index contributed by atoms with van der Waals surface area (Å²) in [5.41, 5.74) is 0. The van der Waals surface area contributed by atoms with Gasteiger partial charge in [-0.25, -0.2) is 4.57 Å². The van der Waals surface area contributed by atoms with Crippen LogP contribution in [-0.4, -0.2) is 41.0 Å². The summed E-state index contributed by atoms with van der Waals surface area (Å²) in [6.45, 7) is 3.52. The zero-order valence-corrected chi connectivity index (χ0v) is 35.0. The molecule has 2 N–H and O–H groups in total. The maximum absolute atomic E-state index is 12.4. The Morgan fingerprint density at radius 2 is 0.907 bits per heavy atom. The van der Waals surface area contributed by atoms with Crippen LogP contribution < -0.4 is 0 Å². The fraction of sp³-hybridized carbons (Fsp3) is 0.689. The second-order valence-corrected chi connectivity index (χ2v) is 15.2. The van der Waals surface area contributed by atoms with Crippen molar-refractivity contribution < 1.29 is 37.9 Å². The predicted molar refractivity (Wildman–Crippen MR) is 225 cm³/mol. The second-order valence-electron chi connectivity index (χ2n) is 13.9. The van der Waals surface area contributed by atoms with Crippen molar-refractivity contribution in [2.45, 2.75) is 187 Å². The molecule has 0 unspecified atom stereocenters. The maximum Gasteiger partial charge on any atom is 0.469 e. The van der Waals surface area contributed by atoms with Gasteiger partial charge in [0.2, 0.25) is 0 Å². The van der Waals surface area contributed by atoms with Crippen LogP contribution in [0.25, 0.3) is 0 Å². The van der Waals surface area contributed by atoms with E-state index in [0.29, 0.717) is 19.3 Å². The van der Waals surface area contributed by atoms with Crippen molar-refractivity contribution in [3.05, 3.63) is 72.9 Å². The molecule has 310 valence electrons. The number of ether oxygens (including phenoxy) is 2. The number of unbranched alkanes of at least 4 members (excludes halogenated alkanes) is 16. The maximum atomic E-state index is 12.4. The minimum Gasteiger partial charge on any atom is -0.462 e. The molecular formula is C45H77O8P. The molecule has 0 amide bonds. The zero-order chi connectivity index (χ0) is 39.6. The van der Waals surface area contributed by atoms with Gasteiger partial charge in [0.05, 0.1) is 6.61 Å². The van der Waals surface area contributed by atoms with E-state index in [1.807, 2.05) is 12.2 Å². The molecule has 0 aromatic rings. The van der Waals surface area contributed by atoms with Crippen LogP contribution in [0.4, 0.5) is 0 Å². The van der Waals surface area contributed by atoms with Crippen molar-refractivity contribution in [1.29, 1.82) is 0 Å². The van der Waals surface area contributed by atoms with E-state index in [1.165, 1.54) is 83.5 Å². The number of phosphoric acid groups is 1. The van der Waals surface area contributed by atoms with Crippen molar-refractivity contribution in [2.75, 3.05) is 13.2 Å². The van der Waals surface area contributed by atoms with E-state index >= 15 is 0 Å². The third-order valence-electron chi connectivity index (χ3n) is 8.71. The number of carbonyl (C=O) groups excluding carboxylic acids is 2. The summed E-state index contributed by atoms with van der Waals surface area (Å²) >= 11 is 0. The molecule has 0 rings (SSSR count). The van der Waals surface area contributed by atoms with E-state index in [9.17, 15) is 14.2 Å². The lowest BCUT2D eigenvalue weighted by atomic mass is 10.1. The molecule has 0 aromatic heterocycles. The molecule has 0 fully saturated rings. The fourth-order valence-corrected chi connectivity index (χ4v) is 5.94. The number of allylic oxidation sites excluding steroid dienone is 12. The summed E-state index contributed by atoms with van der Waals surface area (Å²) < 4.78 is 26.3. The number of esters is 2. The monoisotopic (exact) mass is 777 g/mol. The average Bonchev–Trinajstić information content (AvgIpc) is 3.14. The van der Waals surface area contributed by atoms with Gasteiger partial charge in [0.15, 0.2) is 6.10 Å². The Kier molecular flexibility index (Phi) is 38.3. The van der Waals surface area contributed by atoms with Crippen molar-refractivity contribution in [1.82, 2.24) is 0 Å². The summed E-state index contributed by atoms with van der Waals surface area (Å²) in [7, 11) is -4.77. The summed E-state index contributed by atoms with van der Waals surface area (Å²) in [5.74, 6) is -0.958. The summed E-state index contributed by atoms with van der Waals surface area (Å²) in [6.07, 6.45) is 52.0. The molecule has 0 spiro atoms. The molecule has 0 bridgehead atoms. The van der Waals surface area contributed by atoms with E-state index in [0.717, 1.165) is 51.4 Å². The first kappa shape index (κ1) is 51.5. The van der Waals surface area contributed by atoms with E-state index in [1.54, 1.807) is 0 Å². The first-order valence-corrected chi connectivity index (χ1v) is 22.8. The number of carbonyl (C=O) groups is 2. The Balaban J connectivity index is 4.00. The van der Waals surface area contributed by atoms with Gasteiger partial charge < -0.3 is 19.3 Å². The molecule has 1 atom stereocenters. The van der Waals surface area contributed by atoms with Crippen molar-refractivity contribution >= 4 is 19.8 Å². The molecule has 54 heavy (non-hydrogen) atoms. The van der Waals surface area contributed by atoms with Crippen LogP contribution in [0.2, 0.25) is 0 Å². The lowest BCUT2D eigenvalue weighted by Crippen LogP contribution is -2.29. The number of rotatable bonds is 38. The Hall–Kier alpha value is -2.51. The molecule has 0 saturated heterocycles. The van der Waals surface area contributed by atoms with Crippen molar-refractivity contribution in [3.63, 3.8) is 0 Å². The highest BCUT2D eigenvalue weighted by molar-refractivity contribution is 7.46. The van der Waals surface area contributed by atoms with E-state index in [-0.39, 0.29) is 19.4 Å². The van der Waals surface area contributed by atoms with Gasteiger partial charge >= 0.3 is 19.8 Å². The van der Waals surface area contributed by atoms with Gasteiger partial charge in [0.25, 0.3) is 0 Å². The Labute approximate surface area is 329 Å². The molecule has 0 saturated carbocycles. The van der Waals surface area contributed by atoms with Crippen LogP contribution >= 0.6 is 7.82 Å². The topological polar surface area (TPSA) is 119 Å². The van der Waals surface area contributed by atoms with Gasteiger partial charge in [0, 0.05) is 12.8 Å².